The second-order valence-electron chi connectivity index (χ2n) is 3.88. The van der Waals surface area contributed by atoms with E-state index in [4.69, 9.17) is 9.79 Å². The summed E-state index contributed by atoms with van der Waals surface area (Å²) in [4.78, 5) is 15.5. The second-order valence-corrected chi connectivity index (χ2v) is 5.53. The highest BCUT2D eigenvalue weighted by atomic mass is 31.2. The van der Waals surface area contributed by atoms with Gasteiger partial charge in [0.05, 0.1) is 0 Å². The van der Waals surface area contributed by atoms with Crippen molar-refractivity contribution in [1.29, 1.82) is 0 Å². The zero-order valence-electron chi connectivity index (χ0n) is 10.4. The fourth-order valence-electron chi connectivity index (χ4n) is 0.944. The molecule has 0 aliphatic rings. The van der Waals surface area contributed by atoms with E-state index in [1.807, 2.05) is 0 Å². The summed E-state index contributed by atoms with van der Waals surface area (Å²) in [6, 6.07) is 0. The van der Waals surface area contributed by atoms with Crippen LogP contribution in [0.1, 0.15) is 0 Å². The average Bonchev–Trinajstić information content (AvgIpc) is 2.24. The minimum atomic E-state index is -8.20. The summed E-state index contributed by atoms with van der Waals surface area (Å²) in [6.45, 7) is 0. The first kappa shape index (κ1) is 25.4. The van der Waals surface area contributed by atoms with Crippen LogP contribution in [-0.2, 0) is 4.57 Å². The molecule has 0 amide bonds. The zero-order chi connectivity index (χ0) is 19.5. The Labute approximate surface area is 122 Å². The maximum Gasteiger partial charge on any atom is 0.460 e. The molecule has 0 saturated heterocycles. The van der Waals surface area contributed by atoms with Crippen LogP contribution >= 0.6 is 7.60 Å². The molecule has 0 aromatic carbocycles. The van der Waals surface area contributed by atoms with Gasteiger partial charge >= 0.3 is 43.1 Å². The first-order valence-electron chi connectivity index (χ1n) is 4.51. The van der Waals surface area contributed by atoms with Crippen LogP contribution in [0, 0.1) is 0 Å². The van der Waals surface area contributed by atoms with Gasteiger partial charge in [-0.3, -0.25) is 4.57 Å². The number of alkyl halides is 13. The molecule has 24 heavy (non-hydrogen) atoms. The van der Waals surface area contributed by atoms with Crippen LogP contribution in [0.3, 0.4) is 0 Å². The van der Waals surface area contributed by atoms with Crippen molar-refractivity contribution < 1.29 is 71.4 Å². The van der Waals surface area contributed by atoms with Gasteiger partial charge in [0.2, 0.25) is 0 Å². The van der Waals surface area contributed by atoms with Crippen molar-refractivity contribution in [3.8, 4) is 0 Å². The van der Waals surface area contributed by atoms with Gasteiger partial charge in [0.25, 0.3) is 0 Å². The summed E-state index contributed by atoms with van der Waals surface area (Å²) >= 11 is 0. The largest absolute Gasteiger partial charge is 0.460 e. The molecule has 0 spiro atoms. The lowest BCUT2D eigenvalue weighted by molar-refractivity contribution is -0.434. The normalized spacial score (nSPS) is 16.0. The van der Waals surface area contributed by atoms with Crippen LogP contribution in [0.15, 0.2) is 0 Å². The summed E-state index contributed by atoms with van der Waals surface area (Å²) in [6.07, 6.45) is -7.58. The molecule has 0 aromatic heterocycles. The molecule has 148 valence electrons. The van der Waals surface area contributed by atoms with Crippen LogP contribution in [0.4, 0.5) is 57.1 Å². The number of rotatable bonds is 5. The Morgan fingerprint density at radius 3 is 1.00 bits per heavy atom. The molecular weight excluding hydrogens is 412 g/mol. The maximum absolute atomic E-state index is 12.7. The second kappa shape index (κ2) is 5.88. The van der Waals surface area contributed by atoms with Crippen LogP contribution in [-0.4, -0.2) is 45.3 Å². The van der Waals surface area contributed by atoms with Gasteiger partial charge in [0, 0.05) is 0 Å². The average molecular weight is 417 g/mol. The Balaban J connectivity index is 0. The maximum atomic E-state index is 12.7. The van der Waals surface area contributed by atoms with Gasteiger partial charge in [-0.1, -0.05) is 0 Å². The highest BCUT2D eigenvalue weighted by Crippen LogP contribution is 2.67. The molecule has 4 nitrogen and oxygen atoms in total. The summed E-state index contributed by atoms with van der Waals surface area (Å²) < 4.78 is 171. The van der Waals surface area contributed by atoms with Gasteiger partial charge in [-0.2, -0.15) is 57.1 Å². The Bertz CT molecular complexity index is 508. The number of halogens is 13. The Morgan fingerprint density at radius 1 is 0.542 bits per heavy atom. The molecule has 5 N–H and O–H groups in total. The Hall–Kier alpha value is -0.800. The fraction of sp³-hybridized carbons (Fsp3) is 1.00. The van der Waals surface area contributed by atoms with Crippen molar-refractivity contribution in [1.82, 2.24) is 6.15 Å². The molecular formula is C6H5F13NO3P. The van der Waals surface area contributed by atoms with E-state index >= 15 is 0 Å². The number of hydrogen-bond acceptors (Lipinski definition) is 2. The smallest absolute Gasteiger partial charge is 0.344 e. The summed E-state index contributed by atoms with van der Waals surface area (Å²) in [5, 5.41) is 0. The van der Waals surface area contributed by atoms with Crippen LogP contribution in [0.25, 0.3) is 0 Å². The molecule has 0 radical (unpaired) electrons. The van der Waals surface area contributed by atoms with Crippen molar-refractivity contribution in [3.05, 3.63) is 0 Å². The quantitative estimate of drug-likeness (QED) is 0.466. The van der Waals surface area contributed by atoms with E-state index in [0.29, 0.717) is 0 Å². The lowest BCUT2D eigenvalue weighted by atomic mass is 9.98. The molecule has 0 fully saturated rings. The molecule has 0 rings (SSSR count). The van der Waals surface area contributed by atoms with Crippen molar-refractivity contribution in [3.63, 3.8) is 0 Å². The summed E-state index contributed by atoms with van der Waals surface area (Å²) in [5.74, 6) is -32.3. The highest BCUT2D eigenvalue weighted by Gasteiger charge is 2.92. The number of hydrogen-bond donors (Lipinski definition) is 3. The topological polar surface area (TPSA) is 92.5 Å². The lowest BCUT2D eigenvalue weighted by Crippen LogP contribution is -2.69. The standard InChI is InChI=1S/C6H2F13O3P.H3N/c7-1(8,3(11,12)5(15,16)17)2(9,10)4(13,14)6(18,19)23(20,21)22;/h(H2,20,21,22);1H3. The van der Waals surface area contributed by atoms with E-state index in [1.54, 1.807) is 0 Å². The van der Waals surface area contributed by atoms with Crippen molar-refractivity contribution in [2.75, 3.05) is 0 Å². The minimum absolute atomic E-state index is 0. The van der Waals surface area contributed by atoms with Gasteiger partial charge < -0.3 is 15.9 Å². The summed E-state index contributed by atoms with van der Waals surface area (Å²) in [7, 11) is -7.67. The van der Waals surface area contributed by atoms with Crippen LogP contribution in [0.5, 0.6) is 0 Å². The monoisotopic (exact) mass is 417 g/mol. The van der Waals surface area contributed by atoms with E-state index in [-0.39, 0.29) is 6.15 Å². The highest BCUT2D eigenvalue weighted by molar-refractivity contribution is 7.53. The van der Waals surface area contributed by atoms with E-state index in [1.165, 1.54) is 0 Å². The van der Waals surface area contributed by atoms with E-state index in [0.717, 1.165) is 0 Å². The van der Waals surface area contributed by atoms with Crippen molar-refractivity contribution in [2.24, 2.45) is 0 Å². The molecule has 0 aromatic rings. The molecule has 0 aliphatic carbocycles. The third kappa shape index (κ3) is 3.06. The fourth-order valence-corrected chi connectivity index (χ4v) is 1.45. The van der Waals surface area contributed by atoms with Crippen LogP contribution in [0.2, 0.25) is 0 Å². The molecule has 0 bridgehead atoms. The molecule has 0 saturated carbocycles. The van der Waals surface area contributed by atoms with Gasteiger partial charge in [0.15, 0.2) is 0 Å². The molecule has 0 unspecified atom stereocenters. The Morgan fingerprint density at radius 2 is 0.792 bits per heavy atom. The van der Waals surface area contributed by atoms with Gasteiger partial charge in [-0.25, -0.2) is 0 Å². The van der Waals surface area contributed by atoms with E-state index in [2.05, 4.69) is 0 Å². The van der Waals surface area contributed by atoms with Crippen molar-refractivity contribution >= 4 is 7.60 Å². The zero-order valence-corrected chi connectivity index (χ0v) is 11.3. The first-order valence-corrected chi connectivity index (χ1v) is 6.13. The van der Waals surface area contributed by atoms with E-state index < -0.39 is 43.1 Å². The van der Waals surface area contributed by atoms with Crippen molar-refractivity contribution in [2.45, 2.75) is 35.5 Å². The minimum Gasteiger partial charge on any atom is -0.344 e. The predicted molar refractivity (Wildman–Crippen MR) is 47.9 cm³/mol. The van der Waals surface area contributed by atoms with Gasteiger partial charge in [-0.15, -0.1) is 0 Å². The SMILES string of the molecule is N.O=P(O)(O)C(F)(F)C(F)(F)C(F)(F)C(F)(F)C(F)(F)C(F)(F)F. The lowest BCUT2D eigenvalue weighted by Gasteiger charge is -2.39. The third-order valence-electron chi connectivity index (χ3n) is 2.28. The van der Waals surface area contributed by atoms with Crippen LogP contribution < -0.4 is 6.15 Å². The first-order chi connectivity index (χ1) is 9.50. The van der Waals surface area contributed by atoms with Gasteiger partial charge in [-0.05, 0) is 0 Å². The van der Waals surface area contributed by atoms with E-state index in [9.17, 15) is 61.6 Å². The molecule has 0 aliphatic heterocycles. The summed E-state index contributed by atoms with van der Waals surface area (Å²) in [5.41, 5.74) is -7.38. The molecule has 0 heterocycles. The Kier molecular flexibility index (Phi) is 6.23. The molecule has 0 atom stereocenters. The molecule has 18 heteroatoms. The predicted octanol–water partition coefficient (Wildman–Crippen LogP) is 4.02. The third-order valence-corrected chi connectivity index (χ3v) is 3.30. The van der Waals surface area contributed by atoms with Gasteiger partial charge in [0.1, 0.15) is 0 Å².